The average molecular weight is 246 g/mol. The van der Waals surface area contributed by atoms with E-state index in [2.05, 4.69) is 12.6 Å². The number of phenols is 1. The Morgan fingerprint density at radius 3 is 2.24 bits per heavy atom. The Bertz CT molecular complexity index is 500. The molecule has 2 aromatic carbocycles. The standard InChI is InChI=1S/C14H14O2S/c1-9-3-4-12(8-14(9)17)16-11-5-6-13(15)10(2)7-11/h3-8,15,17H,1-2H3. The molecule has 88 valence electrons. The molecule has 0 saturated carbocycles. The number of ether oxygens (including phenoxy) is 1. The molecule has 2 nitrogen and oxygen atoms in total. The summed E-state index contributed by atoms with van der Waals surface area (Å²) in [6, 6.07) is 10.9. The van der Waals surface area contributed by atoms with Crippen LogP contribution >= 0.6 is 12.6 Å². The third-order valence-electron chi connectivity index (χ3n) is 2.58. The Labute approximate surface area is 106 Å². The van der Waals surface area contributed by atoms with E-state index < -0.39 is 0 Å². The molecule has 17 heavy (non-hydrogen) atoms. The molecule has 0 fully saturated rings. The highest BCUT2D eigenvalue weighted by atomic mass is 32.1. The van der Waals surface area contributed by atoms with Crippen LogP contribution < -0.4 is 4.74 Å². The SMILES string of the molecule is Cc1cc(Oc2ccc(C)c(S)c2)ccc1O. The number of aromatic hydroxyl groups is 1. The predicted molar refractivity (Wildman–Crippen MR) is 71.3 cm³/mol. The van der Waals surface area contributed by atoms with Crippen LogP contribution in [0.5, 0.6) is 17.2 Å². The third-order valence-corrected chi connectivity index (χ3v) is 3.07. The Balaban J connectivity index is 2.25. The normalized spacial score (nSPS) is 10.3. The zero-order valence-electron chi connectivity index (χ0n) is 9.77. The van der Waals surface area contributed by atoms with Gasteiger partial charge in [-0.2, -0.15) is 0 Å². The lowest BCUT2D eigenvalue weighted by molar-refractivity contribution is 0.460. The number of phenolic OH excluding ortho intramolecular Hbond substituents is 1. The molecule has 0 aliphatic rings. The van der Waals surface area contributed by atoms with Gasteiger partial charge in [-0.25, -0.2) is 0 Å². The maximum absolute atomic E-state index is 9.42. The van der Waals surface area contributed by atoms with E-state index in [0.29, 0.717) is 5.75 Å². The molecule has 0 aliphatic carbocycles. The summed E-state index contributed by atoms with van der Waals surface area (Å²) in [4.78, 5) is 0.901. The summed E-state index contributed by atoms with van der Waals surface area (Å²) in [5.41, 5.74) is 1.91. The van der Waals surface area contributed by atoms with E-state index in [-0.39, 0.29) is 5.75 Å². The second-order valence-corrected chi connectivity index (χ2v) is 4.48. The maximum atomic E-state index is 9.42. The van der Waals surface area contributed by atoms with Crippen LogP contribution in [0.2, 0.25) is 0 Å². The van der Waals surface area contributed by atoms with Crippen LogP contribution in [0.15, 0.2) is 41.3 Å². The van der Waals surface area contributed by atoms with Gasteiger partial charge in [-0.05, 0) is 55.3 Å². The number of benzene rings is 2. The third kappa shape index (κ3) is 2.74. The van der Waals surface area contributed by atoms with E-state index in [9.17, 15) is 5.11 Å². The van der Waals surface area contributed by atoms with Gasteiger partial charge < -0.3 is 9.84 Å². The number of thiol groups is 1. The fraction of sp³-hybridized carbons (Fsp3) is 0.143. The van der Waals surface area contributed by atoms with E-state index in [4.69, 9.17) is 4.74 Å². The molecule has 0 unspecified atom stereocenters. The Morgan fingerprint density at radius 1 is 0.941 bits per heavy atom. The highest BCUT2D eigenvalue weighted by Gasteiger charge is 2.02. The van der Waals surface area contributed by atoms with Crippen LogP contribution in [0, 0.1) is 13.8 Å². The molecule has 1 N–H and O–H groups in total. The van der Waals surface area contributed by atoms with Gasteiger partial charge in [-0.1, -0.05) is 6.07 Å². The van der Waals surface area contributed by atoms with E-state index in [0.717, 1.165) is 21.8 Å². The Morgan fingerprint density at radius 2 is 1.59 bits per heavy atom. The minimum atomic E-state index is 0.274. The second-order valence-electron chi connectivity index (χ2n) is 4.00. The van der Waals surface area contributed by atoms with Crippen LogP contribution in [0.3, 0.4) is 0 Å². The molecular weight excluding hydrogens is 232 g/mol. The summed E-state index contributed by atoms with van der Waals surface area (Å²) in [7, 11) is 0. The lowest BCUT2D eigenvalue weighted by Gasteiger charge is -2.08. The van der Waals surface area contributed by atoms with E-state index in [1.165, 1.54) is 0 Å². The quantitative estimate of drug-likeness (QED) is 0.781. The van der Waals surface area contributed by atoms with Crippen molar-refractivity contribution in [1.29, 1.82) is 0 Å². The van der Waals surface area contributed by atoms with Crippen LogP contribution in [-0.4, -0.2) is 5.11 Å². The molecule has 0 saturated heterocycles. The molecule has 0 radical (unpaired) electrons. The predicted octanol–water partition coefficient (Wildman–Crippen LogP) is 4.09. The minimum Gasteiger partial charge on any atom is -0.508 e. The number of aryl methyl sites for hydroxylation is 2. The minimum absolute atomic E-state index is 0.274. The molecule has 0 amide bonds. The van der Waals surface area contributed by atoms with E-state index in [1.54, 1.807) is 18.2 Å². The maximum Gasteiger partial charge on any atom is 0.128 e. The largest absolute Gasteiger partial charge is 0.508 e. The fourth-order valence-corrected chi connectivity index (χ4v) is 1.68. The van der Waals surface area contributed by atoms with Crippen molar-refractivity contribution in [1.82, 2.24) is 0 Å². The van der Waals surface area contributed by atoms with Crippen molar-refractivity contribution >= 4 is 12.6 Å². The molecular formula is C14H14O2S. The van der Waals surface area contributed by atoms with E-state index in [1.807, 2.05) is 32.0 Å². The van der Waals surface area contributed by atoms with Crippen molar-refractivity contribution in [2.45, 2.75) is 18.7 Å². The average Bonchev–Trinajstić information content (AvgIpc) is 2.29. The number of hydrogen-bond acceptors (Lipinski definition) is 3. The van der Waals surface area contributed by atoms with Gasteiger partial charge in [0, 0.05) is 4.90 Å². The van der Waals surface area contributed by atoms with Crippen molar-refractivity contribution < 1.29 is 9.84 Å². The second kappa shape index (κ2) is 4.72. The van der Waals surface area contributed by atoms with Crippen LogP contribution in [-0.2, 0) is 0 Å². The first-order valence-electron chi connectivity index (χ1n) is 5.33. The molecule has 0 atom stereocenters. The Hall–Kier alpha value is -1.61. The molecule has 2 aromatic rings. The Kier molecular flexibility index (Phi) is 3.29. The van der Waals surface area contributed by atoms with Crippen molar-refractivity contribution in [2.75, 3.05) is 0 Å². The van der Waals surface area contributed by atoms with Gasteiger partial charge in [0.15, 0.2) is 0 Å². The summed E-state index contributed by atoms with van der Waals surface area (Å²) in [6.07, 6.45) is 0. The lowest BCUT2D eigenvalue weighted by atomic mass is 10.2. The van der Waals surface area contributed by atoms with Gasteiger partial charge in [0.2, 0.25) is 0 Å². The van der Waals surface area contributed by atoms with Crippen LogP contribution in [0.1, 0.15) is 11.1 Å². The molecule has 3 heteroatoms. The first-order chi connectivity index (χ1) is 8.06. The highest BCUT2D eigenvalue weighted by molar-refractivity contribution is 7.80. The summed E-state index contributed by atoms with van der Waals surface area (Å²) in [5, 5.41) is 9.42. The highest BCUT2D eigenvalue weighted by Crippen LogP contribution is 2.28. The van der Waals surface area contributed by atoms with Crippen molar-refractivity contribution in [2.24, 2.45) is 0 Å². The first-order valence-corrected chi connectivity index (χ1v) is 5.78. The molecule has 0 aromatic heterocycles. The molecule has 0 aliphatic heterocycles. The molecule has 2 rings (SSSR count). The summed E-state index contributed by atoms with van der Waals surface area (Å²) >= 11 is 4.35. The van der Waals surface area contributed by atoms with E-state index >= 15 is 0 Å². The van der Waals surface area contributed by atoms with Gasteiger partial charge >= 0.3 is 0 Å². The van der Waals surface area contributed by atoms with Crippen molar-refractivity contribution in [3.8, 4) is 17.2 Å². The van der Waals surface area contributed by atoms with Gasteiger partial charge in [0.1, 0.15) is 17.2 Å². The molecule has 0 heterocycles. The zero-order valence-corrected chi connectivity index (χ0v) is 10.7. The molecule has 0 spiro atoms. The number of hydrogen-bond donors (Lipinski definition) is 2. The van der Waals surface area contributed by atoms with Crippen molar-refractivity contribution in [3.63, 3.8) is 0 Å². The van der Waals surface area contributed by atoms with Crippen LogP contribution in [0.25, 0.3) is 0 Å². The van der Waals surface area contributed by atoms with Crippen molar-refractivity contribution in [3.05, 3.63) is 47.5 Å². The van der Waals surface area contributed by atoms with Gasteiger partial charge in [-0.3, -0.25) is 0 Å². The summed E-state index contributed by atoms with van der Waals surface area (Å²) < 4.78 is 5.69. The molecule has 0 bridgehead atoms. The van der Waals surface area contributed by atoms with Gasteiger partial charge in [-0.15, -0.1) is 12.6 Å². The summed E-state index contributed by atoms with van der Waals surface area (Å²) in [6.45, 7) is 3.83. The van der Waals surface area contributed by atoms with Gasteiger partial charge in [0.25, 0.3) is 0 Å². The lowest BCUT2D eigenvalue weighted by Crippen LogP contribution is -1.86. The first kappa shape index (κ1) is 11.9. The monoisotopic (exact) mass is 246 g/mol. The van der Waals surface area contributed by atoms with Crippen LogP contribution in [0.4, 0.5) is 0 Å². The fourth-order valence-electron chi connectivity index (χ4n) is 1.48. The van der Waals surface area contributed by atoms with Gasteiger partial charge in [0.05, 0.1) is 0 Å². The number of rotatable bonds is 2. The zero-order chi connectivity index (χ0) is 12.4. The smallest absolute Gasteiger partial charge is 0.128 e. The summed E-state index contributed by atoms with van der Waals surface area (Å²) in [5.74, 6) is 1.72. The topological polar surface area (TPSA) is 29.5 Å².